The van der Waals surface area contributed by atoms with E-state index in [0.29, 0.717) is 37.6 Å². The topological polar surface area (TPSA) is 105 Å². The molecule has 0 saturated carbocycles. The molecule has 0 aromatic heterocycles. The van der Waals surface area contributed by atoms with Crippen molar-refractivity contribution in [3.63, 3.8) is 0 Å². The smallest absolute Gasteiger partial charge is 0.307 e. The minimum atomic E-state index is -1.02. The highest BCUT2D eigenvalue weighted by Gasteiger charge is 2.24. The summed E-state index contributed by atoms with van der Waals surface area (Å²) in [6.45, 7) is 6.74. The number of anilines is 1. The van der Waals surface area contributed by atoms with E-state index in [1.165, 1.54) is 21.0 Å². The number of ether oxygens (including phenoxy) is 2. The van der Waals surface area contributed by atoms with Gasteiger partial charge in [0.15, 0.2) is 6.10 Å². The molecule has 1 atom stereocenters. The molecule has 1 saturated heterocycles. The van der Waals surface area contributed by atoms with Crippen LogP contribution in [0.1, 0.15) is 32.3 Å². The quantitative estimate of drug-likeness (QED) is 0.669. The lowest BCUT2D eigenvalue weighted by Crippen LogP contribution is -2.50. The summed E-state index contributed by atoms with van der Waals surface area (Å²) >= 11 is 0. The van der Waals surface area contributed by atoms with Gasteiger partial charge >= 0.3 is 5.97 Å². The molecule has 2 rings (SSSR count). The molecule has 1 aliphatic rings. The minimum Gasteiger partial charge on any atom is -0.495 e. The summed E-state index contributed by atoms with van der Waals surface area (Å²) in [6.07, 6.45) is -1.13. The van der Waals surface area contributed by atoms with E-state index < -0.39 is 18.0 Å². The van der Waals surface area contributed by atoms with Crippen LogP contribution in [0.2, 0.25) is 0 Å². The molecule has 9 heteroatoms. The van der Waals surface area contributed by atoms with Crippen molar-refractivity contribution in [1.29, 1.82) is 0 Å². The Morgan fingerprint density at radius 3 is 2.30 bits per heavy atom. The van der Waals surface area contributed by atoms with Crippen LogP contribution in [0.15, 0.2) is 18.2 Å². The van der Waals surface area contributed by atoms with Crippen LogP contribution in [-0.2, 0) is 23.9 Å². The summed E-state index contributed by atoms with van der Waals surface area (Å²) in [5.74, 6) is -0.788. The van der Waals surface area contributed by atoms with Gasteiger partial charge in [-0.1, -0.05) is 6.07 Å². The minimum absolute atomic E-state index is 0.00104. The van der Waals surface area contributed by atoms with Gasteiger partial charge in [0.25, 0.3) is 5.91 Å². The monoisotopic (exact) mass is 419 g/mol. The fourth-order valence-corrected chi connectivity index (χ4v) is 3.10. The number of methoxy groups -OCH3 is 1. The molecule has 1 aromatic carbocycles. The molecule has 30 heavy (non-hydrogen) atoms. The molecular formula is C21H29N3O6. The van der Waals surface area contributed by atoms with E-state index >= 15 is 0 Å². The molecule has 0 aliphatic carbocycles. The lowest BCUT2D eigenvalue weighted by atomic mass is 10.2. The molecule has 1 fully saturated rings. The van der Waals surface area contributed by atoms with Crippen molar-refractivity contribution >= 4 is 29.4 Å². The average Bonchev–Trinajstić information content (AvgIpc) is 2.72. The molecular weight excluding hydrogens is 390 g/mol. The van der Waals surface area contributed by atoms with Gasteiger partial charge in [0, 0.05) is 39.5 Å². The third kappa shape index (κ3) is 6.47. The molecule has 9 nitrogen and oxygen atoms in total. The third-order valence-electron chi connectivity index (χ3n) is 4.91. The van der Waals surface area contributed by atoms with E-state index in [-0.39, 0.29) is 24.7 Å². The van der Waals surface area contributed by atoms with E-state index in [4.69, 9.17) is 9.47 Å². The number of hydrogen-bond acceptors (Lipinski definition) is 6. The molecule has 0 spiro atoms. The van der Waals surface area contributed by atoms with Crippen molar-refractivity contribution in [3.05, 3.63) is 23.8 Å². The number of benzene rings is 1. The largest absolute Gasteiger partial charge is 0.495 e. The summed E-state index contributed by atoms with van der Waals surface area (Å²) in [5.41, 5.74) is 1.43. The lowest BCUT2D eigenvalue weighted by molar-refractivity contribution is -0.154. The van der Waals surface area contributed by atoms with Crippen molar-refractivity contribution in [1.82, 2.24) is 9.80 Å². The summed E-state index contributed by atoms with van der Waals surface area (Å²) in [6, 6.07) is 5.36. The first kappa shape index (κ1) is 23.2. The zero-order chi connectivity index (χ0) is 22.3. The fourth-order valence-electron chi connectivity index (χ4n) is 3.10. The van der Waals surface area contributed by atoms with Gasteiger partial charge in [-0.2, -0.15) is 0 Å². The number of esters is 1. The van der Waals surface area contributed by atoms with Gasteiger partial charge < -0.3 is 24.6 Å². The average molecular weight is 419 g/mol. The van der Waals surface area contributed by atoms with Crippen molar-refractivity contribution in [2.45, 2.75) is 39.7 Å². The van der Waals surface area contributed by atoms with Gasteiger partial charge in [0.1, 0.15) is 5.75 Å². The molecule has 3 amide bonds. The zero-order valence-corrected chi connectivity index (χ0v) is 17.9. The maximum Gasteiger partial charge on any atom is 0.307 e. The van der Waals surface area contributed by atoms with Gasteiger partial charge in [0.05, 0.1) is 19.2 Å². The molecule has 1 heterocycles. The number of nitrogens with one attached hydrogen (secondary N) is 1. The number of rotatable bonds is 7. The Hall–Kier alpha value is -3.10. The maximum absolute atomic E-state index is 12.3. The van der Waals surface area contributed by atoms with Crippen molar-refractivity contribution in [3.8, 4) is 5.75 Å². The van der Waals surface area contributed by atoms with Crippen LogP contribution in [0, 0.1) is 6.92 Å². The molecule has 0 bridgehead atoms. The van der Waals surface area contributed by atoms with Crippen molar-refractivity contribution < 1.29 is 28.7 Å². The normalized spacial score (nSPS) is 14.7. The molecule has 0 unspecified atom stereocenters. The van der Waals surface area contributed by atoms with Crippen LogP contribution in [0.3, 0.4) is 0 Å². The van der Waals surface area contributed by atoms with Crippen LogP contribution in [-0.4, -0.2) is 72.9 Å². The molecule has 1 N–H and O–H groups in total. The standard InChI is InChI=1S/C21H29N3O6/c1-14-5-6-18(29-4)17(13-14)22-21(28)15(2)30-20(27)8-7-19(26)24-11-9-23(10-12-24)16(3)25/h5-6,13,15H,7-12H2,1-4H3,(H,22,28)/t15-/m0/s1. The van der Waals surface area contributed by atoms with Gasteiger partial charge in [-0.05, 0) is 31.5 Å². The van der Waals surface area contributed by atoms with Crippen LogP contribution in [0.25, 0.3) is 0 Å². The first-order valence-electron chi connectivity index (χ1n) is 9.89. The zero-order valence-electron chi connectivity index (χ0n) is 17.9. The highest BCUT2D eigenvalue weighted by Crippen LogP contribution is 2.25. The molecule has 0 radical (unpaired) electrons. The summed E-state index contributed by atoms with van der Waals surface area (Å²) < 4.78 is 10.4. The summed E-state index contributed by atoms with van der Waals surface area (Å²) in [4.78, 5) is 51.3. The van der Waals surface area contributed by atoms with E-state index in [0.717, 1.165) is 5.56 Å². The highest BCUT2D eigenvalue weighted by molar-refractivity contribution is 5.96. The molecule has 164 valence electrons. The first-order chi connectivity index (χ1) is 14.2. The van der Waals surface area contributed by atoms with Crippen LogP contribution < -0.4 is 10.1 Å². The Morgan fingerprint density at radius 1 is 1.07 bits per heavy atom. The molecule has 1 aromatic rings. The molecule has 1 aliphatic heterocycles. The summed E-state index contributed by atoms with van der Waals surface area (Å²) in [7, 11) is 1.50. The highest BCUT2D eigenvalue weighted by atomic mass is 16.5. The number of nitrogens with zero attached hydrogens (tertiary/aromatic N) is 2. The van der Waals surface area contributed by atoms with E-state index in [1.807, 2.05) is 13.0 Å². The second kappa shape index (κ2) is 10.6. The number of piperazine rings is 1. The number of carbonyl (C=O) groups excluding carboxylic acids is 4. The predicted octanol–water partition coefficient (Wildman–Crippen LogP) is 1.34. The van der Waals surface area contributed by atoms with Crippen molar-refractivity contribution in [2.24, 2.45) is 0 Å². The van der Waals surface area contributed by atoms with E-state index in [1.54, 1.807) is 21.9 Å². The van der Waals surface area contributed by atoms with Gasteiger partial charge in [-0.25, -0.2) is 0 Å². The Labute approximate surface area is 176 Å². The van der Waals surface area contributed by atoms with Crippen LogP contribution in [0.4, 0.5) is 5.69 Å². The van der Waals surface area contributed by atoms with Crippen molar-refractivity contribution in [2.75, 3.05) is 38.6 Å². The number of amides is 3. The Balaban J connectivity index is 1.77. The van der Waals surface area contributed by atoms with Crippen LogP contribution in [0.5, 0.6) is 5.75 Å². The fraction of sp³-hybridized carbons (Fsp3) is 0.524. The Kier molecular flexibility index (Phi) is 8.20. The van der Waals surface area contributed by atoms with Gasteiger partial charge in [0.2, 0.25) is 11.8 Å². The third-order valence-corrected chi connectivity index (χ3v) is 4.91. The first-order valence-corrected chi connectivity index (χ1v) is 9.89. The second-order valence-electron chi connectivity index (χ2n) is 7.21. The van der Waals surface area contributed by atoms with Gasteiger partial charge in [-0.3, -0.25) is 19.2 Å². The number of carbonyl (C=O) groups is 4. The van der Waals surface area contributed by atoms with E-state index in [2.05, 4.69) is 5.32 Å². The lowest BCUT2D eigenvalue weighted by Gasteiger charge is -2.34. The SMILES string of the molecule is COc1ccc(C)cc1NC(=O)[C@H](C)OC(=O)CCC(=O)N1CCN(C(C)=O)CC1. The Bertz CT molecular complexity index is 802. The second-order valence-corrected chi connectivity index (χ2v) is 7.21. The number of hydrogen-bond donors (Lipinski definition) is 1. The maximum atomic E-state index is 12.3. The Morgan fingerprint density at radius 2 is 1.70 bits per heavy atom. The van der Waals surface area contributed by atoms with E-state index in [9.17, 15) is 19.2 Å². The van der Waals surface area contributed by atoms with Crippen LogP contribution >= 0.6 is 0 Å². The number of aryl methyl sites for hydroxylation is 1. The summed E-state index contributed by atoms with van der Waals surface area (Å²) in [5, 5.41) is 2.69. The van der Waals surface area contributed by atoms with Gasteiger partial charge in [-0.15, -0.1) is 0 Å². The predicted molar refractivity (Wildman–Crippen MR) is 110 cm³/mol.